The third-order valence-corrected chi connectivity index (χ3v) is 2.78. The highest BCUT2D eigenvalue weighted by Gasteiger charge is 2.20. The van der Waals surface area contributed by atoms with Gasteiger partial charge in [-0.1, -0.05) is 6.07 Å². The van der Waals surface area contributed by atoms with Gasteiger partial charge in [0.15, 0.2) is 0 Å². The van der Waals surface area contributed by atoms with Crippen molar-refractivity contribution in [2.24, 2.45) is 5.92 Å². The number of amides is 1. The summed E-state index contributed by atoms with van der Waals surface area (Å²) in [6.07, 6.45) is 0.519. The van der Waals surface area contributed by atoms with Gasteiger partial charge in [-0.3, -0.25) is 4.79 Å². The van der Waals surface area contributed by atoms with E-state index in [-0.39, 0.29) is 5.91 Å². The molecule has 1 aromatic heterocycles. The van der Waals surface area contributed by atoms with Crippen molar-refractivity contribution in [1.82, 2.24) is 4.90 Å². The molecule has 0 spiro atoms. The minimum atomic E-state index is -0.552. The zero-order valence-corrected chi connectivity index (χ0v) is 9.04. The van der Waals surface area contributed by atoms with Crippen LogP contribution in [-0.4, -0.2) is 24.9 Å². The molecule has 0 bridgehead atoms. The fourth-order valence-corrected chi connectivity index (χ4v) is 1.88. The van der Waals surface area contributed by atoms with Crippen molar-refractivity contribution in [3.05, 3.63) is 22.4 Å². The first-order valence-corrected chi connectivity index (χ1v) is 5.16. The summed E-state index contributed by atoms with van der Waals surface area (Å²) in [6.45, 7) is 0. The Bertz CT molecular complexity index is 338. The lowest BCUT2D eigenvalue weighted by Crippen LogP contribution is -2.29. The van der Waals surface area contributed by atoms with E-state index in [9.17, 15) is 4.79 Å². The molecular formula is C10H12N2OS. The number of rotatable bonds is 3. The van der Waals surface area contributed by atoms with E-state index in [4.69, 9.17) is 5.26 Å². The van der Waals surface area contributed by atoms with Gasteiger partial charge in [0.05, 0.1) is 6.07 Å². The molecule has 0 aliphatic carbocycles. The third-order valence-electron chi connectivity index (χ3n) is 1.88. The molecule has 1 unspecified atom stereocenters. The van der Waals surface area contributed by atoms with Crippen LogP contribution < -0.4 is 0 Å². The number of hydrogen-bond donors (Lipinski definition) is 0. The van der Waals surface area contributed by atoms with Crippen LogP contribution in [0.1, 0.15) is 4.88 Å². The van der Waals surface area contributed by atoms with Gasteiger partial charge in [0.2, 0.25) is 5.91 Å². The highest BCUT2D eigenvalue weighted by atomic mass is 32.1. The molecular weight excluding hydrogens is 196 g/mol. The smallest absolute Gasteiger partial charge is 0.239 e. The van der Waals surface area contributed by atoms with Crippen LogP contribution in [0.15, 0.2) is 17.5 Å². The van der Waals surface area contributed by atoms with E-state index in [1.165, 1.54) is 4.90 Å². The normalized spacial score (nSPS) is 11.8. The van der Waals surface area contributed by atoms with Crippen LogP contribution in [0.3, 0.4) is 0 Å². The van der Waals surface area contributed by atoms with Gasteiger partial charge in [-0.15, -0.1) is 11.3 Å². The van der Waals surface area contributed by atoms with E-state index < -0.39 is 5.92 Å². The number of carbonyl (C=O) groups excluding carboxylic acids is 1. The SMILES string of the molecule is CN(C)C(=O)C(C#N)Cc1cccs1. The molecule has 0 aliphatic rings. The summed E-state index contributed by atoms with van der Waals surface area (Å²) in [5, 5.41) is 10.8. The molecule has 4 heteroatoms. The predicted octanol–water partition coefficient (Wildman–Crippen LogP) is 1.52. The van der Waals surface area contributed by atoms with Gasteiger partial charge in [0.25, 0.3) is 0 Å². The molecule has 0 radical (unpaired) electrons. The summed E-state index contributed by atoms with van der Waals surface area (Å²) < 4.78 is 0. The Labute approximate surface area is 87.6 Å². The van der Waals surface area contributed by atoms with Crippen LogP contribution in [0.5, 0.6) is 0 Å². The van der Waals surface area contributed by atoms with Gasteiger partial charge in [0, 0.05) is 25.4 Å². The Hall–Kier alpha value is -1.34. The first-order valence-electron chi connectivity index (χ1n) is 4.28. The van der Waals surface area contributed by atoms with Crippen LogP contribution in [0.2, 0.25) is 0 Å². The van der Waals surface area contributed by atoms with Crippen LogP contribution in [0.4, 0.5) is 0 Å². The van der Waals surface area contributed by atoms with Crippen LogP contribution in [0, 0.1) is 17.2 Å². The van der Waals surface area contributed by atoms with Crippen molar-refractivity contribution in [1.29, 1.82) is 5.26 Å². The van der Waals surface area contributed by atoms with E-state index in [0.717, 1.165) is 4.88 Å². The maximum Gasteiger partial charge on any atom is 0.239 e. The maximum absolute atomic E-state index is 11.5. The Morgan fingerprint density at radius 3 is 2.86 bits per heavy atom. The van der Waals surface area contributed by atoms with Crippen molar-refractivity contribution in [3.8, 4) is 6.07 Å². The molecule has 1 amide bonds. The molecule has 0 fully saturated rings. The molecule has 0 saturated carbocycles. The van der Waals surface area contributed by atoms with E-state index in [1.54, 1.807) is 25.4 Å². The molecule has 0 N–H and O–H groups in total. The molecule has 1 rings (SSSR count). The first-order chi connectivity index (χ1) is 6.65. The lowest BCUT2D eigenvalue weighted by atomic mass is 10.1. The molecule has 3 nitrogen and oxygen atoms in total. The number of nitrogens with zero attached hydrogens (tertiary/aromatic N) is 2. The summed E-state index contributed by atoms with van der Waals surface area (Å²) in [7, 11) is 3.34. The molecule has 74 valence electrons. The number of hydrogen-bond acceptors (Lipinski definition) is 3. The Balaban J connectivity index is 2.66. The summed E-state index contributed by atoms with van der Waals surface area (Å²) in [5.74, 6) is -0.676. The lowest BCUT2D eigenvalue weighted by Gasteiger charge is -2.13. The predicted molar refractivity (Wildman–Crippen MR) is 55.8 cm³/mol. The highest BCUT2D eigenvalue weighted by molar-refractivity contribution is 7.09. The van der Waals surface area contributed by atoms with Gasteiger partial charge in [-0.2, -0.15) is 5.26 Å². The number of carbonyl (C=O) groups is 1. The fourth-order valence-electron chi connectivity index (χ4n) is 1.13. The van der Waals surface area contributed by atoms with Gasteiger partial charge < -0.3 is 4.90 Å². The maximum atomic E-state index is 11.5. The quantitative estimate of drug-likeness (QED) is 0.756. The van der Waals surface area contributed by atoms with E-state index in [2.05, 4.69) is 0 Å². The molecule has 1 aromatic rings. The highest BCUT2D eigenvalue weighted by Crippen LogP contribution is 2.15. The first kappa shape index (κ1) is 10.7. The summed E-state index contributed by atoms with van der Waals surface area (Å²) in [6, 6.07) is 5.90. The van der Waals surface area contributed by atoms with Crippen LogP contribution in [0.25, 0.3) is 0 Å². The fraction of sp³-hybridized carbons (Fsp3) is 0.400. The summed E-state index contributed by atoms with van der Waals surface area (Å²) >= 11 is 1.57. The van der Waals surface area contributed by atoms with E-state index in [1.807, 2.05) is 23.6 Å². The van der Waals surface area contributed by atoms with Crippen molar-refractivity contribution < 1.29 is 4.79 Å². The Morgan fingerprint density at radius 1 is 1.71 bits per heavy atom. The summed E-state index contributed by atoms with van der Waals surface area (Å²) in [5.41, 5.74) is 0. The minimum absolute atomic E-state index is 0.124. The monoisotopic (exact) mass is 208 g/mol. The standard InChI is InChI=1S/C10H12N2OS/c1-12(2)10(13)8(7-11)6-9-4-3-5-14-9/h3-5,8H,6H2,1-2H3. The zero-order valence-electron chi connectivity index (χ0n) is 8.23. The molecule has 14 heavy (non-hydrogen) atoms. The van der Waals surface area contributed by atoms with E-state index in [0.29, 0.717) is 6.42 Å². The van der Waals surface area contributed by atoms with Crippen molar-refractivity contribution in [2.45, 2.75) is 6.42 Å². The summed E-state index contributed by atoms with van der Waals surface area (Å²) in [4.78, 5) is 14.0. The van der Waals surface area contributed by atoms with Gasteiger partial charge in [-0.05, 0) is 11.4 Å². The average molecular weight is 208 g/mol. The molecule has 0 saturated heterocycles. The number of thiophene rings is 1. The lowest BCUT2D eigenvalue weighted by molar-refractivity contribution is -0.131. The minimum Gasteiger partial charge on any atom is -0.348 e. The van der Waals surface area contributed by atoms with Gasteiger partial charge >= 0.3 is 0 Å². The third kappa shape index (κ3) is 2.57. The van der Waals surface area contributed by atoms with Crippen molar-refractivity contribution in [3.63, 3.8) is 0 Å². The molecule has 0 aliphatic heterocycles. The molecule has 0 aromatic carbocycles. The van der Waals surface area contributed by atoms with Gasteiger partial charge in [-0.25, -0.2) is 0 Å². The largest absolute Gasteiger partial charge is 0.348 e. The Kier molecular flexibility index (Phi) is 3.66. The second-order valence-electron chi connectivity index (χ2n) is 3.20. The topological polar surface area (TPSA) is 44.1 Å². The Morgan fingerprint density at radius 2 is 2.43 bits per heavy atom. The van der Waals surface area contributed by atoms with Crippen molar-refractivity contribution in [2.75, 3.05) is 14.1 Å². The zero-order chi connectivity index (χ0) is 10.6. The number of nitriles is 1. The second-order valence-corrected chi connectivity index (χ2v) is 4.23. The van der Waals surface area contributed by atoms with Crippen molar-refractivity contribution >= 4 is 17.2 Å². The molecule has 1 heterocycles. The second kappa shape index (κ2) is 4.77. The van der Waals surface area contributed by atoms with Crippen LogP contribution in [-0.2, 0) is 11.2 Å². The van der Waals surface area contributed by atoms with Crippen LogP contribution >= 0.6 is 11.3 Å². The average Bonchev–Trinajstić information content (AvgIpc) is 2.65. The van der Waals surface area contributed by atoms with Gasteiger partial charge in [0.1, 0.15) is 5.92 Å². The van der Waals surface area contributed by atoms with E-state index >= 15 is 0 Å². The molecule has 1 atom stereocenters.